The summed E-state index contributed by atoms with van der Waals surface area (Å²) in [5.74, 6) is 2.24. The van der Waals surface area contributed by atoms with Gasteiger partial charge in [0.15, 0.2) is 0 Å². The number of rotatable bonds is 3. The van der Waals surface area contributed by atoms with Gasteiger partial charge in [-0.05, 0) is 0 Å². The number of hydrogen-bond acceptors (Lipinski definition) is 6. The van der Waals surface area contributed by atoms with Crippen molar-refractivity contribution in [3.05, 3.63) is 32.6 Å². The second-order valence-electron chi connectivity index (χ2n) is 5.31. The molecule has 2 heterocycles. The zero-order valence-corrected chi connectivity index (χ0v) is 13.0. The van der Waals surface area contributed by atoms with Gasteiger partial charge in [0.2, 0.25) is 0 Å². The molecule has 2 rings (SSSR count). The molecule has 0 saturated carbocycles. The Morgan fingerprint density at radius 1 is 1.46 bits per heavy atom. The Kier molecular flexibility index (Phi) is 5.86. The van der Waals surface area contributed by atoms with Crippen molar-refractivity contribution in [3.63, 3.8) is 0 Å². The van der Waals surface area contributed by atoms with Crippen LogP contribution in [0.25, 0.3) is 0 Å². The number of aromatic nitrogens is 2. The molecular formula is C14H14F3N3O6. The Balaban J connectivity index is 2.17. The SMILES string of the molecule is O=C(NCC#Cc1cn(C2C[C@@H](O)C(CO)O2)c(=O)[nH]c1=O)C(F)(F)F. The van der Waals surface area contributed by atoms with Crippen LogP contribution < -0.4 is 16.6 Å². The molecule has 1 aromatic rings. The Morgan fingerprint density at radius 2 is 2.15 bits per heavy atom. The number of nitrogens with one attached hydrogen (secondary N) is 2. The van der Waals surface area contributed by atoms with Gasteiger partial charge < -0.3 is 20.3 Å². The monoisotopic (exact) mass is 377 g/mol. The number of amides is 1. The number of halogens is 3. The molecule has 0 aliphatic carbocycles. The summed E-state index contributed by atoms with van der Waals surface area (Å²) in [5.41, 5.74) is -1.98. The Bertz CT molecular complexity index is 850. The fourth-order valence-corrected chi connectivity index (χ4v) is 2.20. The topological polar surface area (TPSA) is 134 Å². The first-order chi connectivity index (χ1) is 12.1. The van der Waals surface area contributed by atoms with E-state index in [9.17, 15) is 32.7 Å². The average Bonchev–Trinajstić information content (AvgIpc) is 2.92. The first-order valence-electron chi connectivity index (χ1n) is 7.27. The molecule has 4 N–H and O–H groups in total. The highest BCUT2D eigenvalue weighted by Gasteiger charge is 2.38. The van der Waals surface area contributed by atoms with Gasteiger partial charge in [-0.25, -0.2) is 4.79 Å². The van der Waals surface area contributed by atoms with Crippen LogP contribution >= 0.6 is 0 Å². The van der Waals surface area contributed by atoms with Crippen LogP contribution in [-0.4, -0.2) is 57.2 Å². The van der Waals surface area contributed by atoms with Crippen molar-refractivity contribution in [2.45, 2.75) is 31.0 Å². The molecule has 1 aliphatic heterocycles. The lowest BCUT2D eigenvalue weighted by atomic mass is 10.2. The van der Waals surface area contributed by atoms with Crippen LogP contribution in [0.3, 0.4) is 0 Å². The Labute approximate surface area is 143 Å². The molecular weight excluding hydrogens is 363 g/mol. The van der Waals surface area contributed by atoms with Crippen molar-refractivity contribution in [2.24, 2.45) is 0 Å². The van der Waals surface area contributed by atoms with E-state index in [0.717, 1.165) is 10.8 Å². The minimum Gasteiger partial charge on any atom is -0.394 e. The zero-order valence-electron chi connectivity index (χ0n) is 13.0. The maximum absolute atomic E-state index is 12.0. The van der Waals surface area contributed by atoms with Crippen LogP contribution in [0.4, 0.5) is 13.2 Å². The van der Waals surface area contributed by atoms with Crippen molar-refractivity contribution in [1.29, 1.82) is 0 Å². The first kappa shape index (κ1) is 19.7. The third-order valence-electron chi connectivity index (χ3n) is 3.48. The fraction of sp³-hybridized carbons (Fsp3) is 0.500. The Hall–Kier alpha value is -2.62. The van der Waals surface area contributed by atoms with Gasteiger partial charge in [0.25, 0.3) is 5.56 Å². The molecule has 1 aromatic heterocycles. The normalized spacial score (nSPS) is 22.6. The molecule has 142 valence electrons. The van der Waals surface area contributed by atoms with Gasteiger partial charge in [0.05, 0.1) is 19.3 Å². The molecule has 1 aliphatic rings. The number of H-pyrrole nitrogens is 1. The van der Waals surface area contributed by atoms with Crippen molar-refractivity contribution < 1.29 is 32.9 Å². The summed E-state index contributed by atoms with van der Waals surface area (Å²) in [6.07, 6.45) is -6.92. The maximum atomic E-state index is 12.0. The molecule has 26 heavy (non-hydrogen) atoms. The number of carbonyl (C=O) groups is 1. The molecule has 12 heteroatoms. The van der Waals surface area contributed by atoms with Gasteiger partial charge in [-0.1, -0.05) is 11.8 Å². The molecule has 2 unspecified atom stereocenters. The summed E-state index contributed by atoms with van der Waals surface area (Å²) in [4.78, 5) is 36.2. The first-order valence-corrected chi connectivity index (χ1v) is 7.27. The van der Waals surface area contributed by atoms with E-state index in [1.165, 1.54) is 5.32 Å². The molecule has 0 aromatic carbocycles. The molecule has 0 radical (unpaired) electrons. The average molecular weight is 377 g/mol. The molecule has 1 fully saturated rings. The molecule has 0 spiro atoms. The lowest BCUT2D eigenvalue weighted by molar-refractivity contribution is -0.173. The highest BCUT2D eigenvalue weighted by molar-refractivity contribution is 5.81. The predicted octanol–water partition coefficient (Wildman–Crippen LogP) is -1.79. The van der Waals surface area contributed by atoms with Gasteiger partial charge in [0, 0.05) is 12.6 Å². The lowest BCUT2D eigenvalue weighted by Gasteiger charge is -2.14. The van der Waals surface area contributed by atoms with Crippen molar-refractivity contribution in [3.8, 4) is 11.8 Å². The number of aliphatic hydroxyl groups excluding tert-OH is 2. The van der Waals surface area contributed by atoms with Crippen molar-refractivity contribution in [1.82, 2.24) is 14.9 Å². The van der Waals surface area contributed by atoms with E-state index >= 15 is 0 Å². The second-order valence-corrected chi connectivity index (χ2v) is 5.31. The summed E-state index contributed by atoms with van der Waals surface area (Å²) in [7, 11) is 0. The highest BCUT2D eigenvalue weighted by Crippen LogP contribution is 2.27. The number of hydrogen-bond donors (Lipinski definition) is 4. The number of alkyl halides is 3. The quantitative estimate of drug-likeness (QED) is 0.460. The van der Waals surface area contributed by atoms with E-state index in [4.69, 9.17) is 9.84 Å². The number of carbonyl (C=O) groups excluding carboxylic acids is 1. The summed E-state index contributed by atoms with van der Waals surface area (Å²) >= 11 is 0. The highest BCUT2D eigenvalue weighted by atomic mass is 19.4. The second kappa shape index (κ2) is 7.73. The molecule has 1 amide bonds. The number of aromatic amines is 1. The van der Waals surface area contributed by atoms with E-state index < -0.39 is 54.9 Å². The van der Waals surface area contributed by atoms with Crippen LogP contribution in [0.1, 0.15) is 18.2 Å². The summed E-state index contributed by atoms with van der Waals surface area (Å²) in [6.45, 7) is -1.14. The van der Waals surface area contributed by atoms with E-state index in [2.05, 4.69) is 11.8 Å². The standard InChI is InChI=1S/C14H14F3N3O6/c15-14(16,17)12(24)18-3-1-2-7-5-20(13(25)19-11(7)23)10-4-8(22)9(6-21)26-10/h5,8-10,21-22H,3-4,6H2,(H,18,24)(H,19,23,25)/t8-,9?,10?/m1/s1. The summed E-state index contributed by atoms with van der Waals surface area (Å²) < 4.78 is 42.3. The van der Waals surface area contributed by atoms with E-state index in [1.54, 1.807) is 0 Å². The van der Waals surface area contributed by atoms with Crippen LogP contribution in [0.2, 0.25) is 0 Å². The minimum atomic E-state index is -5.05. The lowest BCUT2D eigenvalue weighted by Crippen LogP contribution is -2.37. The largest absolute Gasteiger partial charge is 0.471 e. The van der Waals surface area contributed by atoms with Gasteiger partial charge in [0.1, 0.15) is 17.9 Å². The van der Waals surface area contributed by atoms with Gasteiger partial charge in [-0.15, -0.1) is 0 Å². The predicted molar refractivity (Wildman–Crippen MR) is 78.9 cm³/mol. The summed E-state index contributed by atoms with van der Waals surface area (Å²) in [5, 5.41) is 20.3. The van der Waals surface area contributed by atoms with Gasteiger partial charge in [-0.2, -0.15) is 13.2 Å². The van der Waals surface area contributed by atoms with Crippen LogP contribution in [0.5, 0.6) is 0 Å². The summed E-state index contributed by atoms with van der Waals surface area (Å²) in [6, 6.07) is 0. The maximum Gasteiger partial charge on any atom is 0.471 e. The van der Waals surface area contributed by atoms with Crippen LogP contribution in [0, 0.1) is 11.8 Å². The number of ether oxygens (including phenoxy) is 1. The molecule has 9 nitrogen and oxygen atoms in total. The van der Waals surface area contributed by atoms with Crippen LogP contribution in [-0.2, 0) is 9.53 Å². The van der Waals surface area contributed by atoms with Crippen molar-refractivity contribution in [2.75, 3.05) is 13.2 Å². The minimum absolute atomic E-state index is 0.0221. The van der Waals surface area contributed by atoms with E-state index in [0.29, 0.717) is 0 Å². The third-order valence-corrected chi connectivity index (χ3v) is 3.48. The van der Waals surface area contributed by atoms with Gasteiger partial charge >= 0.3 is 17.8 Å². The van der Waals surface area contributed by atoms with Gasteiger partial charge in [-0.3, -0.25) is 19.1 Å². The smallest absolute Gasteiger partial charge is 0.394 e. The molecule has 3 atom stereocenters. The molecule has 1 saturated heterocycles. The number of aliphatic hydroxyl groups is 2. The third kappa shape index (κ3) is 4.51. The van der Waals surface area contributed by atoms with E-state index in [-0.39, 0.29) is 12.0 Å². The van der Waals surface area contributed by atoms with E-state index in [1.807, 2.05) is 4.98 Å². The molecule has 0 bridgehead atoms. The Morgan fingerprint density at radius 3 is 2.73 bits per heavy atom. The van der Waals surface area contributed by atoms with Crippen LogP contribution in [0.15, 0.2) is 15.8 Å². The number of nitrogens with zero attached hydrogens (tertiary/aromatic N) is 1. The van der Waals surface area contributed by atoms with Crippen molar-refractivity contribution >= 4 is 5.91 Å². The fourth-order valence-electron chi connectivity index (χ4n) is 2.20. The zero-order chi connectivity index (χ0) is 19.5.